The molecule has 1 amide bonds. The maximum Gasteiger partial charge on any atom is 0.266 e. The third-order valence-electron chi connectivity index (χ3n) is 6.85. The number of morpholine rings is 1. The summed E-state index contributed by atoms with van der Waals surface area (Å²) in [6.45, 7) is 6.16. The van der Waals surface area contributed by atoms with Gasteiger partial charge in [-0.25, -0.2) is 15.0 Å². The van der Waals surface area contributed by atoms with Crippen LogP contribution in [0.25, 0.3) is 11.5 Å². The van der Waals surface area contributed by atoms with Crippen LogP contribution in [0.15, 0.2) is 53.3 Å². The van der Waals surface area contributed by atoms with Gasteiger partial charge in [-0.1, -0.05) is 30.3 Å². The highest BCUT2D eigenvalue weighted by molar-refractivity contribution is 5.99. The van der Waals surface area contributed by atoms with Gasteiger partial charge in [0.25, 0.3) is 17.7 Å². The van der Waals surface area contributed by atoms with Gasteiger partial charge in [0.05, 0.1) is 53.9 Å². The predicted molar refractivity (Wildman–Crippen MR) is 146 cm³/mol. The largest absolute Gasteiger partial charge is 0.394 e. The van der Waals surface area contributed by atoms with Crippen molar-refractivity contribution in [2.75, 3.05) is 48.4 Å². The van der Waals surface area contributed by atoms with E-state index in [0.717, 1.165) is 5.56 Å². The highest BCUT2D eigenvalue weighted by Crippen LogP contribution is 2.34. The van der Waals surface area contributed by atoms with E-state index in [1.54, 1.807) is 12.3 Å². The number of aliphatic hydroxyl groups excluding tert-OH is 1. The fourth-order valence-corrected chi connectivity index (χ4v) is 4.75. The van der Waals surface area contributed by atoms with Crippen LogP contribution in [-0.4, -0.2) is 69.0 Å². The molecular formula is C27H29N9O4. The minimum absolute atomic E-state index is 0.151. The van der Waals surface area contributed by atoms with Gasteiger partial charge in [0.15, 0.2) is 0 Å². The number of fused-ring (bicyclic) bond motifs is 1. The molecule has 6 rings (SSSR count). The molecule has 4 N–H and O–H groups in total. The number of ether oxygens (including phenoxy) is 1. The molecule has 0 radical (unpaired) electrons. The number of nitrogens with zero attached hydrogens (tertiary/aromatic N) is 6. The van der Waals surface area contributed by atoms with E-state index in [-0.39, 0.29) is 18.4 Å². The summed E-state index contributed by atoms with van der Waals surface area (Å²) in [5.41, 5.74) is 2.52. The van der Waals surface area contributed by atoms with Gasteiger partial charge in [-0.05, 0) is 24.6 Å². The Morgan fingerprint density at radius 2 is 1.88 bits per heavy atom. The number of hydrogen-bond donors (Lipinski definition) is 4. The summed E-state index contributed by atoms with van der Waals surface area (Å²) in [4.78, 5) is 32.3. The molecular weight excluding hydrogens is 514 g/mol. The van der Waals surface area contributed by atoms with Crippen LogP contribution in [0, 0.1) is 0 Å². The number of nitrogens with one attached hydrogen (secondary N) is 3. The van der Waals surface area contributed by atoms with Crippen LogP contribution in [-0.2, 0) is 10.3 Å². The van der Waals surface area contributed by atoms with E-state index in [2.05, 4.69) is 41.0 Å². The third-order valence-corrected chi connectivity index (χ3v) is 6.85. The lowest BCUT2D eigenvalue weighted by molar-refractivity contribution is 0.0940. The first kappa shape index (κ1) is 25.6. The predicted octanol–water partition coefficient (Wildman–Crippen LogP) is 2.63. The molecule has 0 unspecified atom stereocenters. The summed E-state index contributed by atoms with van der Waals surface area (Å²) in [5, 5.41) is 23.8. The summed E-state index contributed by atoms with van der Waals surface area (Å²) in [6.07, 6.45) is 3.12. The minimum Gasteiger partial charge on any atom is -0.394 e. The van der Waals surface area contributed by atoms with Gasteiger partial charge in [0, 0.05) is 31.5 Å². The van der Waals surface area contributed by atoms with Crippen molar-refractivity contribution in [3.8, 4) is 11.5 Å². The summed E-state index contributed by atoms with van der Waals surface area (Å²) >= 11 is 0. The molecule has 1 fully saturated rings. The number of carbonyl (C=O) groups is 1. The van der Waals surface area contributed by atoms with Crippen molar-refractivity contribution in [3.05, 3.63) is 65.6 Å². The Bertz CT molecular complexity index is 1520. The molecule has 13 nitrogen and oxygen atoms in total. The van der Waals surface area contributed by atoms with Gasteiger partial charge in [-0.3, -0.25) is 4.79 Å². The summed E-state index contributed by atoms with van der Waals surface area (Å²) < 4.78 is 11.1. The Labute approximate surface area is 230 Å². The standard InChI is InChI=1S/C27H29N9O4/c1-27(2)22-18(23(38)34-27)14-29-25(32-22)31-21-12-19(30-20(15-37)16-6-4-3-5-7-16)17(13-28-21)24-33-26(35-40-24)36-8-10-39-11-9-36/h3-7,12-14,20,37H,8-11,15H2,1-2H3,(H,34,38)(H2,28,29,30,31,32)/t20-/m1/s1. The molecule has 13 heteroatoms. The number of amides is 1. The molecule has 0 saturated carbocycles. The van der Waals surface area contributed by atoms with Gasteiger partial charge in [-0.2, -0.15) is 4.98 Å². The second kappa shape index (κ2) is 10.5. The fraction of sp³-hybridized carbons (Fsp3) is 0.333. The van der Waals surface area contributed by atoms with Crippen LogP contribution >= 0.6 is 0 Å². The smallest absolute Gasteiger partial charge is 0.266 e. The molecule has 5 heterocycles. The maximum atomic E-state index is 12.2. The zero-order valence-corrected chi connectivity index (χ0v) is 22.1. The quantitative estimate of drug-likeness (QED) is 0.257. The molecule has 0 spiro atoms. The number of benzene rings is 1. The summed E-state index contributed by atoms with van der Waals surface area (Å²) in [7, 11) is 0. The molecule has 2 aliphatic rings. The van der Waals surface area contributed by atoms with E-state index in [1.165, 1.54) is 6.20 Å². The first-order valence-corrected chi connectivity index (χ1v) is 13.0. The molecule has 0 bridgehead atoms. The zero-order chi connectivity index (χ0) is 27.7. The van der Waals surface area contributed by atoms with Crippen LogP contribution in [0.4, 0.5) is 23.4 Å². The number of pyridine rings is 1. The number of anilines is 4. The van der Waals surface area contributed by atoms with E-state index in [0.29, 0.717) is 66.5 Å². The highest BCUT2D eigenvalue weighted by atomic mass is 16.5. The number of carbonyl (C=O) groups excluding carboxylic acids is 1. The number of aliphatic hydroxyl groups is 1. The Kier molecular flexibility index (Phi) is 6.74. The van der Waals surface area contributed by atoms with E-state index in [4.69, 9.17) is 9.26 Å². The van der Waals surface area contributed by atoms with E-state index in [1.807, 2.05) is 49.1 Å². The maximum absolute atomic E-state index is 12.2. The van der Waals surface area contributed by atoms with Crippen LogP contribution < -0.4 is 20.9 Å². The Morgan fingerprint density at radius 1 is 1.10 bits per heavy atom. The number of hydrogen-bond acceptors (Lipinski definition) is 12. The van der Waals surface area contributed by atoms with Crippen molar-refractivity contribution >= 4 is 29.3 Å². The second-order valence-electron chi connectivity index (χ2n) is 10.1. The first-order chi connectivity index (χ1) is 19.4. The molecule has 1 atom stereocenters. The lowest BCUT2D eigenvalue weighted by Crippen LogP contribution is -2.36. The summed E-state index contributed by atoms with van der Waals surface area (Å²) in [5.74, 6) is 1.30. The van der Waals surface area contributed by atoms with Crippen molar-refractivity contribution in [3.63, 3.8) is 0 Å². The van der Waals surface area contributed by atoms with Gasteiger partial charge < -0.3 is 35.2 Å². The lowest BCUT2D eigenvalue weighted by Gasteiger charge is -2.24. The van der Waals surface area contributed by atoms with Gasteiger partial charge >= 0.3 is 0 Å². The topological polar surface area (TPSA) is 163 Å². The first-order valence-electron chi connectivity index (χ1n) is 13.0. The molecule has 1 aromatic carbocycles. The SMILES string of the molecule is CC1(C)NC(=O)c2cnc(Nc3cc(N[C@H](CO)c4ccccc4)c(-c4nc(N5CCOCC5)no4)cn3)nc21. The lowest BCUT2D eigenvalue weighted by atomic mass is 10.0. The average molecular weight is 544 g/mol. The van der Waals surface area contributed by atoms with Gasteiger partial charge in [0.2, 0.25) is 5.95 Å². The van der Waals surface area contributed by atoms with Gasteiger partial charge in [0.1, 0.15) is 5.82 Å². The monoisotopic (exact) mass is 543 g/mol. The minimum atomic E-state index is -0.615. The molecule has 3 aromatic heterocycles. The van der Waals surface area contributed by atoms with Crippen molar-refractivity contribution in [1.82, 2.24) is 30.4 Å². The Morgan fingerprint density at radius 3 is 2.65 bits per heavy atom. The zero-order valence-electron chi connectivity index (χ0n) is 22.1. The van der Waals surface area contributed by atoms with Crippen LogP contribution in [0.3, 0.4) is 0 Å². The van der Waals surface area contributed by atoms with Crippen molar-refractivity contribution in [1.29, 1.82) is 0 Å². The molecule has 2 aliphatic heterocycles. The number of aromatic nitrogens is 5. The molecule has 206 valence electrons. The van der Waals surface area contributed by atoms with Crippen molar-refractivity contribution < 1.29 is 19.2 Å². The Balaban J connectivity index is 1.34. The van der Waals surface area contributed by atoms with Crippen LogP contribution in [0.5, 0.6) is 0 Å². The third kappa shape index (κ3) is 5.03. The van der Waals surface area contributed by atoms with E-state index < -0.39 is 11.6 Å². The van der Waals surface area contributed by atoms with Crippen LogP contribution in [0.1, 0.15) is 41.5 Å². The fourth-order valence-electron chi connectivity index (χ4n) is 4.75. The molecule has 4 aromatic rings. The summed E-state index contributed by atoms with van der Waals surface area (Å²) in [6, 6.07) is 11.0. The normalized spacial score (nSPS) is 16.8. The average Bonchev–Trinajstić information content (AvgIpc) is 3.55. The second-order valence-corrected chi connectivity index (χ2v) is 10.1. The van der Waals surface area contributed by atoms with Crippen molar-refractivity contribution in [2.24, 2.45) is 0 Å². The molecule has 0 aliphatic carbocycles. The van der Waals surface area contributed by atoms with Gasteiger partial charge in [-0.15, -0.1) is 0 Å². The van der Waals surface area contributed by atoms with Crippen molar-refractivity contribution in [2.45, 2.75) is 25.4 Å². The molecule has 40 heavy (non-hydrogen) atoms. The van der Waals surface area contributed by atoms with E-state index in [9.17, 15) is 9.90 Å². The number of rotatable bonds is 8. The molecule has 1 saturated heterocycles. The van der Waals surface area contributed by atoms with Crippen LogP contribution in [0.2, 0.25) is 0 Å². The Hall–Kier alpha value is -4.62. The van der Waals surface area contributed by atoms with E-state index >= 15 is 0 Å². The highest BCUT2D eigenvalue weighted by Gasteiger charge is 2.37.